The molecule has 0 aromatic heterocycles. The number of ether oxygens (including phenoxy) is 2. The summed E-state index contributed by atoms with van der Waals surface area (Å²) >= 11 is 5.00. The Bertz CT molecular complexity index is 1500. The average Bonchev–Trinajstić information content (AvgIpc) is 3.17. The fourth-order valence-corrected chi connectivity index (χ4v) is 5.59. The molecule has 0 saturated carbocycles. The van der Waals surface area contributed by atoms with Gasteiger partial charge in [0.05, 0.1) is 20.0 Å². The number of non-ortho nitro benzene ring substituents is 1. The SMILES string of the molecule is CCOc1cc(/C=C2/SC(=O)N(CC(=O)Nc3ccc(I)cc3)C2=O)cc(I)c1OCc1ccc([N+](=O)[O-])cc1. The molecule has 1 aliphatic heterocycles. The zero-order chi connectivity index (χ0) is 28.8. The molecule has 1 aliphatic rings. The van der Waals surface area contributed by atoms with Crippen LogP contribution >= 0.6 is 56.9 Å². The predicted molar refractivity (Wildman–Crippen MR) is 168 cm³/mol. The first-order chi connectivity index (χ1) is 19.1. The van der Waals surface area contributed by atoms with Crippen LogP contribution in [0.25, 0.3) is 6.08 Å². The molecular weight excluding hydrogens is 764 g/mol. The van der Waals surface area contributed by atoms with Gasteiger partial charge in [-0.15, -0.1) is 0 Å². The molecule has 206 valence electrons. The van der Waals surface area contributed by atoms with Gasteiger partial charge in [-0.1, -0.05) is 0 Å². The lowest BCUT2D eigenvalue weighted by atomic mass is 10.1. The molecule has 4 rings (SSSR count). The number of nitro groups is 1. The molecule has 3 aromatic rings. The maximum atomic E-state index is 13.0. The highest BCUT2D eigenvalue weighted by molar-refractivity contribution is 14.1. The molecule has 1 N–H and O–H groups in total. The molecule has 0 bridgehead atoms. The Kier molecular flexibility index (Phi) is 10.0. The summed E-state index contributed by atoms with van der Waals surface area (Å²) in [6.07, 6.45) is 1.58. The number of imide groups is 1. The number of nitrogens with one attached hydrogen (secondary N) is 1. The third-order valence-electron chi connectivity index (χ3n) is 5.46. The van der Waals surface area contributed by atoms with Crippen molar-refractivity contribution in [2.45, 2.75) is 13.5 Å². The van der Waals surface area contributed by atoms with Gasteiger partial charge in [0, 0.05) is 21.4 Å². The summed E-state index contributed by atoms with van der Waals surface area (Å²) in [5, 5.41) is 13.0. The molecule has 1 saturated heterocycles. The van der Waals surface area contributed by atoms with Gasteiger partial charge in [-0.25, -0.2) is 0 Å². The van der Waals surface area contributed by atoms with Crippen molar-refractivity contribution in [2.75, 3.05) is 18.5 Å². The number of hydrogen-bond acceptors (Lipinski definition) is 8. The lowest BCUT2D eigenvalue weighted by molar-refractivity contribution is -0.384. The largest absolute Gasteiger partial charge is 0.490 e. The van der Waals surface area contributed by atoms with Crippen molar-refractivity contribution in [1.82, 2.24) is 4.90 Å². The Labute approximate surface area is 260 Å². The molecule has 0 radical (unpaired) electrons. The summed E-state index contributed by atoms with van der Waals surface area (Å²) in [4.78, 5) is 49.5. The molecular formula is C27H21I2N3O7S. The number of benzene rings is 3. The molecule has 3 aromatic carbocycles. The predicted octanol–water partition coefficient (Wildman–Crippen LogP) is 6.46. The Hall–Kier alpha value is -3.18. The monoisotopic (exact) mass is 785 g/mol. The third kappa shape index (κ3) is 7.51. The van der Waals surface area contributed by atoms with Gasteiger partial charge in [0.15, 0.2) is 11.5 Å². The molecule has 0 atom stereocenters. The number of carbonyl (C=O) groups is 3. The van der Waals surface area contributed by atoms with E-state index in [0.29, 0.717) is 32.9 Å². The minimum Gasteiger partial charge on any atom is -0.490 e. The van der Waals surface area contributed by atoms with Gasteiger partial charge in [0.25, 0.3) is 16.8 Å². The summed E-state index contributed by atoms with van der Waals surface area (Å²) in [5.41, 5.74) is 1.92. The van der Waals surface area contributed by atoms with Gasteiger partial charge in [-0.2, -0.15) is 0 Å². The first kappa shape index (κ1) is 29.8. The van der Waals surface area contributed by atoms with Gasteiger partial charge in [-0.3, -0.25) is 29.4 Å². The fourth-order valence-electron chi connectivity index (χ4n) is 3.61. The smallest absolute Gasteiger partial charge is 0.294 e. The second kappa shape index (κ2) is 13.5. The first-order valence-electron chi connectivity index (χ1n) is 11.8. The minimum atomic E-state index is -0.556. The second-order valence-corrected chi connectivity index (χ2v) is 11.7. The van der Waals surface area contributed by atoms with Gasteiger partial charge < -0.3 is 14.8 Å². The summed E-state index contributed by atoms with van der Waals surface area (Å²) in [5.74, 6) is -0.108. The number of rotatable bonds is 10. The maximum absolute atomic E-state index is 13.0. The van der Waals surface area contributed by atoms with E-state index in [1.54, 1.807) is 42.5 Å². The van der Waals surface area contributed by atoms with E-state index in [0.717, 1.165) is 25.8 Å². The van der Waals surface area contributed by atoms with E-state index in [1.807, 2.05) is 19.1 Å². The van der Waals surface area contributed by atoms with Gasteiger partial charge in [0.2, 0.25) is 5.91 Å². The molecule has 3 amide bonds. The van der Waals surface area contributed by atoms with Crippen LogP contribution in [-0.4, -0.2) is 40.0 Å². The van der Waals surface area contributed by atoms with Crippen molar-refractivity contribution < 1.29 is 28.8 Å². The highest BCUT2D eigenvalue weighted by atomic mass is 127. The molecule has 0 aliphatic carbocycles. The number of amides is 3. The van der Waals surface area contributed by atoms with E-state index >= 15 is 0 Å². The van der Waals surface area contributed by atoms with E-state index in [-0.39, 0.29) is 17.2 Å². The van der Waals surface area contributed by atoms with Crippen LogP contribution in [0.15, 0.2) is 65.6 Å². The van der Waals surface area contributed by atoms with E-state index in [1.165, 1.54) is 12.1 Å². The topological polar surface area (TPSA) is 128 Å². The molecule has 1 fully saturated rings. The van der Waals surface area contributed by atoms with Crippen molar-refractivity contribution >= 4 is 91.4 Å². The minimum absolute atomic E-state index is 0.00580. The van der Waals surface area contributed by atoms with Crippen molar-refractivity contribution in [1.29, 1.82) is 0 Å². The average molecular weight is 785 g/mol. The van der Waals surface area contributed by atoms with Gasteiger partial charge in [-0.05, 0) is 130 Å². The number of halogens is 2. The molecule has 1 heterocycles. The number of thioether (sulfide) groups is 1. The summed E-state index contributed by atoms with van der Waals surface area (Å²) < 4.78 is 13.5. The van der Waals surface area contributed by atoms with Crippen molar-refractivity contribution in [3.63, 3.8) is 0 Å². The van der Waals surface area contributed by atoms with Gasteiger partial charge in [0.1, 0.15) is 13.2 Å². The van der Waals surface area contributed by atoms with Crippen LogP contribution in [0.4, 0.5) is 16.2 Å². The molecule has 0 unspecified atom stereocenters. The van der Waals surface area contributed by atoms with Crippen LogP contribution in [0, 0.1) is 17.3 Å². The number of nitrogens with zero attached hydrogens (tertiary/aromatic N) is 2. The molecule has 13 heteroatoms. The van der Waals surface area contributed by atoms with Crippen LogP contribution in [0.3, 0.4) is 0 Å². The molecule has 40 heavy (non-hydrogen) atoms. The number of hydrogen-bond donors (Lipinski definition) is 1. The number of carbonyl (C=O) groups excluding carboxylic acids is 3. The highest BCUT2D eigenvalue weighted by Crippen LogP contribution is 2.38. The van der Waals surface area contributed by atoms with Crippen molar-refractivity contribution in [3.05, 3.63) is 94.0 Å². The molecule has 0 spiro atoms. The first-order valence-corrected chi connectivity index (χ1v) is 14.7. The summed E-state index contributed by atoms with van der Waals surface area (Å²) in [6.45, 7) is 1.95. The Morgan fingerprint density at radius 1 is 1.07 bits per heavy atom. The maximum Gasteiger partial charge on any atom is 0.294 e. The van der Waals surface area contributed by atoms with E-state index in [2.05, 4.69) is 50.5 Å². The zero-order valence-corrected chi connectivity index (χ0v) is 26.0. The Morgan fingerprint density at radius 2 is 1.77 bits per heavy atom. The van der Waals surface area contributed by atoms with Crippen LogP contribution in [-0.2, 0) is 16.2 Å². The molecule has 10 nitrogen and oxygen atoms in total. The fraction of sp³-hybridized carbons (Fsp3) is 0.148. The van der Waals surface area contributed by atoms with Crippen molar-refractivity contribution in [2.24, 2.45) is 0 Å². The van der Waals surface area contributed by atoms with Crippen molar-refractivity contribution in [3.8, 4) is 11.5 Å². The van der Waals surface area contributed by atoms with Gasteiger partial charge >= 0.3 is 0 Å². The Balaban J connectivity index is 1.47. The number of nitro benzene ring substituents is 1. The lowest BCUT2D eigenvalue weighted by Crippen LogP contribution is -2.36. The lowest BCUT2D eigenvalue weighted by Gasteiger charge is -2.15. The Morgan fingerprint density at radius 3 is 2.42 bits per heavy atom. The van der Waals surface area contributed by atoms with Crippen LogP contribution in [0.5, 0.6) is 11.5 Å². The summed E-state index contributed by atoms with van der Waals surface area (Å²) in [6, 6.07) is 16.7. The zero-order valence-electron chi connectivity index (χ0n) is 20.9. The van der Waals surface area contributed by atoms with E-state index < -0.39 is 28.5 Å². The third-order valence-corrected chi connectivity index (χ3v) is 7.89. The normalized spacial score (nSPS) is 14.0. The second-order valence-electron chi connectivity index (χ2n) is 8.30. The van der Waals surface area contributed by atoms with Crippen LogP contribution < -0.4 is 14.8 Å². The van der Waals surface area contributed by atoms with Crippen LogP contribution in [0.1, 0.15) is 18.1 Å². The standard InChI is InChI=1S/C27H21I2N3O7S/c1-2-38-22-12-17(11-21(29)25(22)39-15-16-3-9-20(10-4-16)32(36)37)13-23-26(34)31(27(35)40-23)14-24(33)30-19-7-5-18(28)6-8-19/h3-13H,2,14-15H2,1H3,(H,30,33)/b23-13+. The quantitative estimate of drug-likeness (QED) is 0.108. The summed E-state index contributed by atoms with van der Waals surface area (Å²) in [7, 11) is 0. The van der Waals surface area contributed by atoms with E-state index in [9.17, 15) is 24.5 Å². The van der Waals surface area contributed by atoms with Crippen LogP contribution in [0.2, 0.25) is 0 Å². The highest BCUT2D eigenvalue weighted by Gasteiger charge is 2.36. The number of anilines is 1. The van der Waals surface area contributed by atoms with E-state index in [4.69, 9.17) is 9.47 Å².